The fraction of sp³-hybridized carbons (Fsp3) is 0.667. The Kier molecular flexibility index (Phi) is 5.45. The average molecular weight is 327 g/mol. The van der Waals surface area contributed by atoms with E-state index < -0.39 is 0 Å². The molecule has 0 N–H and O–H groups in total. The van der Waals surface area contributed by atoms with Gasteiger partial charge in [-0.25, -0.2) is 4.98 Å². The molecule has 1 aromatic rings. The van der Waals surface area contributed by atoms with Gasteiger partial charge in [0.05, 0.1) is 6.20 Å². The van der Waals surface area contributed by atoms with E-state index in [0.29, 0.717) is 31.1 Å². The minimum absolute atomic E-state index is 0.0800. The molecule has 0 atom stereocenters. The number of hydrogen-bond donors (Lipinski definition) is 0. The zero-order chi connectivity index (χ0) is 16.3. The van der Waals surface area contributed by atoms with Crippen LogP contribution in [0.15, 0.2) is 6.20 Å². The molecular formula is C15H23ClN4O2. The van der Waals surface area contributed by atoms with Gasteiger partial charge in [0.15, 0.2) is 0 Å². The summed E-state index contributed by atoms with van der Waals surface area (Å²) in [6, 6.07) is 0.245. The van der Waals surface area contributed by atoms with Crippen molar-refractivity contribution in [2.24, 2.45) is 7.05 Å². The first-order valence-electron chi connectivity index (χ1n) is 7.57. The lowest BCUT2D eigenvalue weighted by Crippen LogP contribution is -2.46. The molecule has 1 saturated heterocycles. The first kappa shape index (κ1) is 16.8. The largest absolute Gasteiger partial charge is 0.343 e. The summed E-state index contributed by atoms with van der Waals surface area (Å²) in [6.07, 6.45) is 4.32. The van der Waals surface area contributed by atoms with Gasteiger partial charge >= 0.3 is 0 Å². The molecule has 1 aliphatic rings. The highest BCUT2D eigenvalue weighted by molar-refractivity contribution is 6.29. The molecule has 2 rings (SSSR count). The van der Waals surface area contributed by atoms with Crippen LogP contribution in [-0.2, 0) is 23.1 Å². The number of amides is 2. The third-order valence-corrected chi connectivity index (χ3v) is 4.80. The second kappa shape index (κ2) is 7.13. The summed E-state index contributed by atoms with van der Waals surface area (Å²) in [5, 5.41) is 0.579. The molecule has 0 radical (unpaired) electrons. The van der Waals surface area contributed by atoms with E-state index in [2.05, 4.69) is 4.98 Å². The van der Waals surface area contributed by atoms with Crippen LogP contribution in [-0.4, -0.2) is 57.3 Å². The maximum absolute atomic E-state index is 12.3. The highest BCUT2D eigenvalue weighted by atomic mass is 35.5. The van der Waals surface area contributed by atoms with Gasteiger partial charge in [-0.2, -0.15) is 0 Å². The van der Waals surface area contributed by atoms with Crippen LogP contribution in [0.3, 0.4) is 0 Å². The topological polar surface area (TPSA) is 58.4 Å². The second-order valence-corrected chi connectivity index (χ2v) is 6.19. The van der Waals surface area contributed by atoms with Crippen molar-refractivity contribution in [1.29, 1.82) is 0 Å². The highest BCUT2D eigenvalue weighted by Crippen LogP contribution is 2.17. The summed E-state index contributed by atoms with van der Waals surface area (Å²) >= 11 is 5.94. The zero-order valence-corrected chi connectivity index (χ0v) is 14.1. The maximum Gasteiger partial charge on any atom is 0.223 e. The molecule has 122 valence electrons. The number of imidazole rings is 1. The number of halogens is 1. The Bertz CT molecular complexity index is 550. The molecule has 2 heterocycles. The van der Waals surface area contributed by atoms with Crippen LogP contribution in [0.4, 0.5) is 0 Å². The van der Waals surface area contributed by atoms with Gasteiger partial charge in [-0.3, -0.25) is 9.59 Å². The van der Waals surface area contributed by atoms with Crippen LogP contribution in [0.2, 0.25) is 5.15 Å². The van der Waals surface area contributed by atoms with Crippen LogP contribution < -0.4 is 0 Å². The molecule has 1 fully saturated rings. The van der Waals surface area contributed by atoms with E-state index in [1.54, 1.807) is 22.6 Å². The minimum atomic E-state index is 0.0800. The third-order valence-electron chi connectivity index (χ3n) is 4.45. The fourth-order valence-corrected chi connectivity index (χ4v) is 2.94. The summed E-state index contributed by atoms with van der Waals surface area (Å²) < 4.78 is 1.79. The number of nitrogens with zero attached hydrogens (tertiary/aromatic N) is 4. The van der Waals surface area contributed by atoms with Crippen LogP contribution >= 0.6 is 11.6 Å². The number of hydrogen-bond acceptors (Lipinski definition) is 3. The first-order valence-corrected chi connectivity index (χ1v) is 7.95. The molecule has 0 bridgehead atoms. The van der Waals surface area contributed by atoms with E-state index in [9.17, 15) is 9.59 Å². The zero-order valence-electron chi connectivity index (χ0n) is 13.4. The fourth-order valence-electron chi connectivity index (χ4n) is 2.79. The van der Waals surface area contributed by atoms with Crippen LogP contribution in [0, 0.1) is 0 Å². The van der Waals surface area contributed by atoms with Crippen molar-refractivity contribution in [3.05, 3.63) is 17.2 Å². The molecule has 2 amide bonds. The lowest BCUT2D eigenvalue weighted by Gasteiger charge is -2.36. The molecule has 6 nitrogen and oxygen atoms in total. The van der Waals surface area contributed by atoms with Gasteiger partial charge in [-0.05, 0) is 12.8 Å². The third kappa shape index (κ3) is 3.80. The summed E-state index contributed by atoms with van der Waals surface area (Å²) in [5.74, 6) is 1.05. The summed E-state index contributed by atoms with van der Waals surface area (Å²) in [5.41, 5.74) is 0. The summed E-state index contributed by atoms with van der Waals surface area (Å²) in [7, 11) is 3.67. The number of aryl methyl sites for hydroxylation is 1. The molecular weight excluding hydrogens is 304 g/mol. The SMILES string of the molecule is CC(=O)N(C)C1CCN(C(=O)CCc2ncc(Cl)n2C)CC1. The van der Waals surface area contributed by atoms with Crippen molar-refractivity contribution < 1.29 is 9.59 Å². The lowest BCUT2D eigenvalue weighted by atomic mass is 10.0. The predicted molar refractivity (Wildman–Crippen MR) is 84.6 cm³/mol. The molecule has 7 heteroatoms. The first-order chi connectivity index (χ1) is 10.4. The summed E-state index contributed by atoms with van der Waals surface area (Å²) in [6.45, 7) is 3.00. The van der Waals surface area contributed by atoms with Crippen LogP contribution in [0.25, 0.3) is 0 Å². The number of likely N-dealkylation sites (tertiary alicyclic amines) is 1. The number of aromatic nitrogens is 2. The Labute approximate surface area is 136 Å². The molecule has 22 heavy (non-hydrogen) atoms. The van der Waals surface area contributed by atoms with Gasteiger partial charge in [0.1, 0.15) is 11.0 Å². The average Bonchev–Trinajstić information content (AvgIpc) is 2.83. The van der Waals surface area contributed by atoms with Crippen LogP contribution in [0.5, 0.6) is 0 Å². The number of carbonyl (C=O) groups excluding carboxylic acids is 2. The van der Waals surface area contributed by atoms with Gasteiger partial charge in [0.25, 0.3) is 0 Å². The van der Waals surface area contributed by atoms with Crippen molar-refractivity contribution in [3.8, 4) is 0 Å². The Morgan fingerprint density at radius 1 is 1.41 bits per heavy atom. The minimum Gasteiger partial charge on any atom is -0.343 e. The van der Waals surface area contributed by atoms with Gasteiger partial charge in [-0.1, -0.05) is 11.6 Å². The van der Waals surface area contributed by atoms with Gasteiger partial charge < -0.3 is 14.4 Å². The highest BCUT2D eigenvalue weighted by Gasteiger charge is 2.26. The van der Waals surface area contributed by atoms with Crippen molar-refractivity contribution in [2.45, 2.75) is 38.6 Å². The van der Waals surface area contributed by atoms with E-state index in [1.807, 2.05) is 19.0 Å². The van der Waals surface area contributed by atoms with Crippen LogP contribution in [0.1, 0.15) is 32.0 Å². The Morgan fingerprint density at radius 2 is 2.05 bits per heavy atom. The normalized spacial score (nSPS) is 15.9. The number of piperidine rings is 1. The van der Waals surface area contributed by atoms with Crippen molar-refractivity contribution in [1.82, 2.24) is 19.4 Å². The lowest BCUT2D eigenvalue weighted by molar-refractivity contribution is -0.134. The molecule has 0 unspecified atom stereocenters. The van der Waals surface area contributed by atoms with Crippen molar-refractivity contribution >= 4 is 23.4 Å². The monoisotopic (exact) mass is 326 g/mol. The van der Waals surface area contributed by atoms with Gasteiger partial charge in [0.2, 0.25) is 11.8 Å². The molecule has 0 aliphatic carbocycles. The van der Waals surface area contributed by atoms with Gasteiger partial charge in [0, 0.05) is 53.0 Å². The molecule has 0 aromatic carbocycles. The van der Waals surface area contributed by atoms with Gasteiger partial charge in [-0.15, -0.1) is 0 Å². The molecule has 1 aromatic heterocycles. The Morgan fingerprint density at radius 3 is 2.55 bits per heavy atom. The van der Waals surface area contributed by atoms with E-state index >= 15 is 0 Å². The van der Waals surface area contributed by atoms with E-state index in [1.165, 1.54) is 0 Å². The Hall–Kier alpha value is -1.56. The predicted octanol–water partition coefficient (Wildman–Crippen LogP) is 1.48. The quantitative estimate of drug-likeness (QED) is 0.842. The van der Waals surface area contributed by atoms with Crippen molar-refractivity contribution in [2.75, 3.05) is 20.1 Å². The number of rotatable bonds is 4. The Balaban J connectivity index is 1.80. The van der Waals surface area contributed by atoms with Crippen molar-refractivity contribution in [3.63, 3.8) is 0 Å². The van der Waals surface area contributed by atoms with E-state index in [0.717, 1.165) is 18.7 Å². The standard InChI is InChI=1S/C15H23ClN4O2/c1-11(21)18(2)12-6-8-20(9-7-12)15(22)5-4-14-17-10-13(16)19(14)3/h10,12H,4-9H2,1-3H3. The smallest absolute Gasteiger partial charge is 0.223 e. The molecule has 0 saturated carbocycles. The van der Waals surface area contributed by atoms with E-state index in [4.69, 9.17) is 11.6 Å². The summed E-state index contributed by atoms with van der Waals surface area (Å²) in [4.78, 5) is 31.5. The maximum atomic E-state index is 12.3. The van der Waals surface area contributed by atoms with E-state index in [-0.39, 0.29) is 17.9 Å². The second-order valence-electron chi connectivity index (χ2n) is 5.80. The number of carbonyl (C=O) groups is 2. The molecule has 0 spiro atoms. The molecule has 1 aliphatic heterocycles.